The van der Waals surface area contributed by atoms with Gasteiger partial charge in [-0.25, -0.2) is 19.1 Å². The van der Waals surface area contributed by atoms with E-state index in [1.807, 2.05) is 0 Å². The summed E-state index contributed by atoms with van der Waals surface area (Å²) in [5.41, 5.74) is 6.32. The van der Waals surface area contributed by atoms with Crippen LogP contribution in [-0.2, 0) is 14.6 Å². The van der Waals surface area contributed by atoms with Gasteiger partial charge in [-0.1, -0.05) is 13.3 Å². The second-order valence-corrected chi connectivity index (χ2v) is 9.27. The molecule has 0 bridgehead atoms. The molecule has 4 N–H and O–H groups in total. The number of unbranched alkanes of at least 4 members (excludes halogenated alkanes) is 1. The van der Waals surface area contributed by atoms with Crippen molar-refractivity contribution in [1.29, 1.82) is 0 Å². The first-order chi connectivity index (χ1) is 16.3. The number of sulfone groups is 1. The zero-order chi connectivity index (χ0) is 24.7. The molecule has 2 aromatic carbocycles. The lowest BCUT2D eigenvalue weighted by Gasteiger charge is -2.20. The summed E-state index contributed by atoms with van der Waals surface area (Å²) in [4.78, 5) is 16.5. The third-order valence-electron chi connectivity index (χ3n) is 5.01. The van der Waals surface area contributed by atoms with E-state index in [2.05, 4.69) is 11.9 Å². The molecule has 0 fully saturated rings. The number of anilines is 1. The quantitative estimate of drug-likeness (QED) is 0.191. The van der Waals surface area contributed by atoms with Gasteiger partial charge < -0.3 is 15.2 Å². The first-order valence-electron chi connectivity index (χ1n) is 10.8. The Hall–Kier alpha value is -3.63. The first-order valence-corrected chi connectivity index (χ1v) is 12.3. The predicted molar refractivity (Wildman–Crippen MR) is 130 cm³/mol. The maximum absolute atomic E-state index is 13.6. The molecule has 0 spiro atoms. The van der Waals surface area contributed by atoms with E-state index in [9.17, 15) is 13.2 Å². The van der Waals surface area contributed by atoms with Gasteiger partial charge in [-0.3, -0.25) is 9.99 Å². The second kappa shape index (κ2) is 11.0. The predicted octanol–water partition coefficient (Wildman–Crippen LogP) is 3.53. The maximum atomic E-state index is 13.6. The molecule has 10 heteroatoms. The van der Waals surface area contributed by atoms with E-state index in [1.54, 1.807) is 31.2 Å². The van der Waals surface area contributed by atoms with Crippen LogP contribution in [0.15, 0.2) is 70.9 Å². The van der Waals surface area contributed by atoms with Gasteiger partial charge in [0.1, 0.15) is 10.6 Å². The zero-order valence-corrected chi connectivity index (χ0v) is 19.9. The van der Waals surface area contributed by atoms with Crippen LogP contribution in [0, 0.1) is 0 Å². The Morgan fingerprint density at radius 3 is 2.53 bits per heavy atom. The number of hydrogen-bond donors (Lipinski definition) is 2. The monoisotopic (exact) mass is 484 g/mol. The van der Waals surface area contributed by atoms with Crippen molar-refractivity contribution < 1.29 is 22.7 Å². The van der Waals surface area contributed by atoms with Crippen LogP contribution in [0.25, 0.3) is 10.9 Å². The topological polar surface area (TPSA) is 138 Å². The fraction of sp³-hybridized carbons (Fsp3) is 0.250. The summed E-state index contributed by atoms with van der Waals surface area (Å²) in [6.45, 7) is 4.51. The molecule has 180 valence electrons. The van der Waals surface area contributed by atoms with Crippen molar-refractivity contribution in [3.8, 4) is 5.75 Å². The summed E-state index contributed by atoms with van der Waals surface area (Å²) in [6, 6.07) is 10.8. The highest BCUT2D eigenvalue weighted by Crippen LogP contribution is 2.35. The van der Waals surface area contributed by atoms with Crippen molar-refractivity contribution in [1.82, 2.24) is 4.98 Å². The number of nitrogens with two attached hydrogens (primary N) is 2. The smallest absolute Gasteiger partial charge is 0.338 e. The average Bonchev–Trinajstić information content (AvgIpc) is 2.83. The number of carbonyl (C=O) groups is 1. The summed E-state index contributed by atoms with van der Waals surface area (Å²) in [5, 5.41) is 1.44. The number of nitrogens with zero attached hydrogens (tertiary/aromatic N) is 2. The number of esters is 1. The van der Waals surface area contributed by atoms with Gasteiger partial charge in [-0.05, 0) is 55.8 Å². The lowest BCUT2D eigenvalue weighted by molar-refractivity contribution is 0.0526. The van der Waals surface area contributed by atoms with Gasteiger partial charge in [-0.15, -0.1) is 0 Å². The van der Waals surface area contributed by atoms with Crippen LogP contribution < -0.4 is 21.3 Å². The van der Waals surface area contributed by atoms with Gasteiger partial charge in [0.15, 0.2) is 0 Å². The molecule has 9 nitrogen and oxygen atoms in total. The standard InChI is InChI=1S/C24H28N4O5S/c1-3-5-14-33-18-7-9-19(10-8-18)34(30,31)22-16-27-21-11-6-17(24(29)32-4-2)15-20(21)23(22)28(26)13-12-25/h6-13,15-16H,3-5,14,25-26H2,1-2H3/b13-12-. The first kappa shape index (κ1) is 25.0. The van der Waals surface area contributed by atoms with Crippen LogP contribution in [0.3, 0.4) is 0 Å². The molecule has 0 unspecified atom stereocenters. The Morgan fingerprint density at radius 1 is 1.15 bits per heavy atom. The van der Waals surface area contributed by atoms with Gasteiger partial charge in [0.2, 0.25) is 9.84 Å². The van der Waals surface area contributed by atoms with Crippen LogP contribution in [-0.4, -0.2) is 32.6 Å². The van der Waals surface area contributed by atoms with Crippen molar-refractivity contribution >= 4 is 32.4 Å². The van der Waals surface area contributed by atoms with E-state index in [0.29, 0.717) is 23.3 Å². The molecule has 0 aliphatic rings. The number of hydrogen-bond acceptors (Lipinski definition) is 9. The summed E-state index contributed by atoms with van der Waals surface area (Å²) in [6.07, 6.45) is 5.64. The van der Waals surface area contributed by atoms with Crippen LogP contribution in [0.4, 0.5) is 5.69 Å². The van der Waals surface area contributed by atoms with Crippen LogP contribution in [0.5, 0.6) is 5.75 Å². The Labute approximate surface area is 198 Å². The molecule has 0 atom stereocenters. The normalized spacial score (nSPS) is 11.6. The number of rotatable bonds is 10. The molecule has 3 rings (SSSR count). The summed E-state index contributed by atoms with van der Waals surface area (Å²) >= 11 is 0. The van der Waals surface area contributed by atoms with Crippen molar-refractivity contribution in [3.05, 3.63) is 66.6 Å². The third-order valence-corrected chi connectivity index (χ3v) is 6.78. The summed E-state index contributed by atoms with van der Waals surface area (Å²) in [7, 11) is -4.04. The van der Waals surface area contributed by atoms with E-state index in [1.165, 1.54) is 36.8 Å². The molecule has 0 aliphatic carbocycles. The fourth-order valence-electron chi connectivity index (χ4n) is 3.31. The molecule has 3 aromatic rings. The number of fused-ring (bicyclic) bond motifs is 1. The van der Waals surface area contributed by atoms with Gasteiger partial charge in [0.05, 0.1) is 34.9 Å². The lowest BCUT2D eigenvalue weighted by atomic mass is 10.1. The van der Waals surface area contributed by atoms with E-state index >= 15 is 0 Å². The maximum Gasteiger partial charge on any atom is 0.338 e. The number of benzene rings is 2. The highest BCUT2D eigenvalue weighted by atomic mass is 32.2. The molecule has 0 amide bonds. The van der Waals surface area contributed by atoms with Crippen molar-refractivity contribution in [2.75, 3.05) is 18.2 Å². The van der Waals surface area contributed by atoms with Crippen LogP contribution in [0.2, 0.25) is 0 Å². The zero-order valence-electron chi connectivity index (χ0n) is 19.1. The van der Waals surface area contributed by atoms with Gasteiger partial charge in [0, 0.05) is 24.0 Å². The molecule has 0 saturated heterocycles. The molecule has 0 saturated carbocycles. The fourth-order valence-corrected chi connectivity index (χ4v) is 4.72. The van der Waals surface area contributed by atoms with Crippen molar-refractivity contribution in [2.45, 2.75) is 36.5 Å². The highest BCUT2D eigenvalue weighted by molar-refractivity contribution is 7.91. The van der Waals surface area contributed by atoms with E-state index in [-0.39, 0.29) is 27.6 Å². The van der Waals surface area contributed by atoms with Gasteiger partial charge >= 0.3 is 5.97 Å². The molecular formula is C24H28N4O5S. The van der Waals surface area contributed by atoms with Gasteiger partial charge in [-0.2, -0.15) is 0 Å². The largest absolute Gasteiger partial charge is 0.494 e. The number of aromatic nitrogens is 1. The molecule has 1 aromatic heterocycles. The molecule has 1 heterocycles. The third kappa shape index (κ3) is 5.29. The van der Waals surface area contributed by atoms with Crippen molar-refractivity contribution in [2.24, 2.45) is 11.6 Å². The van der Waals surface area contributed by atoms with Crippen LogP contribution >= 0.6 is 0 Å². The highest BCUT2D eigenvalue weighted by Gasteiger charge is 2.26. The van der Waals surface area contributed by atoms with Crippen molar-refractivity contribution in [3.63, 3.8) is 0 Å². The Bertz CT molecular complexity index is 1290. The Kier molecular flexibility index (Phi) is 8.08. The van der Waals surface area contributed by atoms with E-state index in [4.69, 9.17) is 21.1 Å². The SMILES string of the molecule is CCCCOc1ccc(S(=O)(=O)c2cnc3ccc(C(=O)OCC)cc3c2N(N)/C=C\N)cc1. The Balaban J connectivity index is 2.14. The minimum Gasteiger partial charge on any atom is -0.494 e. The Morgan fingerprint density at radius 2 is 1.88 bits per heavy atom. The van der Waals surface area contributed by atoms with Gasteiger partial charge in [0.25, 0.3) is 0 Å². The molecular weight excluding hydrogens is 456 g/mol. The minimum atomic E-state index is -4.04. The number of hydrazine groups is 1. The minimum absolute atomic E-state index is 0.0458. The van der Waals surface area contributed by atoms with E-state index in [0.717, 1.165) is 17.9 Å². The summed E-state index contributed by atoms with van der Waals surface area (Å²) in [5.74, 6) is 6.20. The molecule has 0 radical (unpaired) electrons. The molecule has 0 aliphatic heterocycles. The number of ether oxygens (including phenoxy) is 2. The summed E-state index contributed by atoms with van der Waals surface area (Å²) < 4.78 is 37.9. The lowest BCUT2D eigenvalue weighted by Crippen LogP contribution is -2.27. The average molecular weight is 485 g/mol. The number of pyridine rings is 1. The molecule has 34 heavy (non-hydrogen) atoms. The van der Waals surface area contributed by atoms with E-state index < -0.39 is 15.8 Å². The second-order valence-electron chi connectivity index (χ2n) is 7.35. The van der Waals surface area contributed by atoms with Crippen LogP contribution in [0.1, 0.15) is 37.0 Å². The number of carbonyl (C=O) groups excluding carboxylic acids is 1.